The van der Waals surface area contributed by atoms with Crippen molar-refractivity contribution < 1.29 is 46.0 Å². The standard InChI is InChI=1S/C22H49N3O4.C21H47N3O5/c1-21(23-11-3-7-15-26)19-25(14-6-10-18-29)22(2)20-24(12-4-8-16-27)13-5-9-17-28;1-20(18-22(8-3-13-25)9-4-14-26)24(12-7-17-29)19-21(2)23(10-5-15-27)11-6-16-28/h21-23,26-29H,3-20H2,1-2H3;20-21,25-29H,3-19H2,1-2H3. The summed E-state index contributed by atoms with van der Waals surface area (Å²) in [5.74, 6) is 0. The molecule has 0 amide bonds. The zero-order valence-corrected chi connectivity index (χ0v) is 37.8. The van der Waals surface area contributed by atoms with Gasteiger partial charge in [-0.2, -0.15) is 0 Å². The molecule has 352 valence electrons. The SMILES string of the molecule is CC(CN(CCCCO)C(C)CN(CCCCO)CCCCO)NCCCCO.CC(CN(CCCO)C(C)CN(CCCO)CCCO)N(CCCO)CCCO. The van der Waals surface area contributed by atoms with Crippen molar-refractivity contribution in [3.8, 4) is 0 Å². The van der Waals surface area contributed by atoms with Crippen LogP contribution in [0.4, 0.5) is 0 Å². The van der Waals surface area contributed by atoms with Crippen molar-refractivity contribution in [2.75, 3.05) is 145 Å². The molecule has 0 saturated carbocycles. The lowest BCUT2D eigenvalue weighted by Gasteiger charge is -2.38. The second kappa shape index (κ2) is 44.5. The van der Waals surface area contributed by atoms with E-state index in [9.17, 15) is 15.3 Å². The summed E-state index contributed by atoms with van der Waals surface area (Å²) in [5.41, 5.74) is 0. The molecular weight excluding hydrogens is 745 g/mol. The van der Waals surface area contributed by atoms with Crippen LogP contribution in [0.5, 0.6) is 0 Å². The van der Waals surface area contributed by atoms with Crippen LogP contribution in [0.15, 0.2) is 0 Å². The summed E-state index contributed by atoms with van der Waals surface area (Å²) < 4.78 is 0. The molecule has 4 unspecified atom stereocenters. The molecule has 0 aromatic rings. The van der Waals surface area contributed by atoms with E-state index in [1.54, 1.807) is 0 Å². The van der Waals surface area contributed by atoms with Crippen molar-refractivity contribution in [3.63, 3.8) is 0 Å². The van der Waals surface area contributed by atoms with E-state index in [0.717, 1.165) is 169 Å². The molecule has 58 heavy (non-hydrogen) atoms. The quantitative estimate of drug-likeness (QED) is 0.0382. The van der Waals surface area contributed by atoms with Crippen molar-refractivity contribution in [1.82, 2.24) is 29.8 Å². The molecule has 0 aliphatic carbocycles. The fourth-order valence-electron chi connectivity index (χ4n) is 7.29. The van der Waals surface area contributed by atoms with Crippen molar-refractivity contribution in [3.05, 3.63) is 0 Å². The number of aliphatic hydroxyl groups is 9. The Morgan fingerprint density at radius 2 is 0.603 bits per heavy atom. The van der Waals surface area contributed by atoms with Crippen LogP contribution >= 0.6 is 0 Å². The minimum atomic E-state index is 0.162. The van der Waals surface area contributed by atoms with E-state index >= 15 is 0 Å². The Bertz CT molecular complexity index is 790. The molecule has 0 spiro atoms. The number of nitrogens with zero attached hydrogens (tertiary/aromatic N) is 5. The largest absolute Gasteiger partial charge is 0.396 e. The molecule has 0 aromatic heterocycles. The maximum Gasteiger partial charge on any atom is 0.0443 e. The molecule has 15 heteroatoms. The van der Waals surface area contributed by atoms with Gasteiger partial charge in [0.25, 0.3) is 0 Å². The average molecular weight is 841 g/mol. The van der Waals surface area contributed by atoms with Gasteiger partial charge in [0, 0.05) is 143 Å². The van der Waals surface area contributed by atoms with Gasteiger partial charge >= 0.3 is 0 Å². The first kappa shape index (κ1) is 59.5. The van der Waals surface area contributed by atoms with E-state index in [0.29, 0.717) is 12.1 Å². The van der Waals surface area contributed by atoms with Crippen LogP contribution in [0, 0.1) is 0 Å². The van der Waals surface area contributed by atoms with Crippen molar-refractivity contribution in [2.45, 2.75) is 135 Å². The molecule has 0 radical (unpaired) electrons. The zero-order valence-electron chi connectivity index (χ0n) is 37.8. The summed E-state index contributed by atoms with van der Waals surface area (Å²) in [5, 5.41) is 85.9. The highest BCUT2D eigenvalue weighted by Crippen LogP contribution is 2.12. The topological polar surface area (TPSA) is 210 Å². The molecule has 0 aliphatic heterocycles. The first-order valence-corrected chi connectivity index (χ1v) is 23.0. The first-order chi connectivity index (χ1) is 28.1. The van der Waals surface area contributed by atoms with Gasteiger partial charge in [-0.25, -0.2) is 0 Å². The molecule has 0 fully saturated rings. The number of nitrogens with one attached hydrogen (secondary N) is 1. The number of hydrogen-bond acceptors (Lipinski definition) is 15. The Hall–Kier alpha value is -0.600. The monoisotopic (exact) mass is 841 g/mol. The predicted molar refractivity (Wildman–Crippen MR) is 237 cm³/mol. The molecule has 0 aromatic carbocycles. The van der Waals surface area contributed by atoms with Crippen molar-refractivity contribution in [1.29, 1.82) is 0 Å². The van der Waals surface area contributed by atoms with Crippen LogP contribution in [0.1, 0.15) is 111 Å². The minimum Gasteiger partial charge on any atom is -0.396 e. The van der Waals surface area contributed by atoms with Crippen LogP contribution in [-0.4, -0.2) is 239 Å². The Labute approximate surface area is 355 Å². The zero-order chi connectivity index (χ0) is 43.7. The highest BCUT2D eigenvalue weighted by molar-refractivity contribution is 4.79. The lowest BCUT2D eigenvalue weighted by molar-refractivity contribution is 0.0851. The van der Waals surface area contributed by atoms with Crippen molar-refractivity contribution >= 4 is 0 Å². The third kappa shape index (κ3) is 35.0. The van der Waals surface area contributed by atoms with Gasteiger partial charge in [-0.05, 0) is 137 Å². The lowest BCUT2D eigenvalue weighted by Crippen LogP contribution is -2.50. The van der Waals surface area contributed by atoms with E-state index in [2.05, 4.69) is 57.5 Å². The van der Waals surface area contributed by atoms with E-state index in [4.69, 9.17) is 30.6 Å². The number of unbranched alkanes of at least 4 members (excludes halogenated alkanes) is 4. The Morgan fingerprint density at radius 3 is 1.02 bits per heavy atom. The van der Waals surface area contributed by atoms with Crippen LogP contribution in [-0.2, 0) is 0 Å². The van der Waals surface area contributed by atoms with Gasteiger partial charge < -0.3 is 61.1 Å². The van der Waals surface area contributed by atoms with Crippen LogP contribution in [0.25, 0.3) is 0 Å². The second-order valence-electron chi connectivity index (χ2n) is 16.1. The van der Waals surface area contributed by atoms with Gasteiger partial charge in [0.05, 0.1) is 0 Å². The summed E-state index contributed by atoms with van der Waals surface area (Å²) in [7, 11) is 0. The van der Waals surface area contributed by atoms with Crippen LogP contribution < -0.4 is 5.32 Å². The molecule has 15 nitrogen and oxygen atoms in total. The van der Waals surface area contributed by atoms with E-state index in [-0.39, 0.29) is 71.5 Å². The molecule has 0 saturated heterocycles. The molecule has 0 aliphatic rings. The minimum absolute atomic E-state index is 0.162. The van der Waals surface area contributed by atoms with E-state index < -0.39 is 0 Å². The molecule has 4 atom stereocenters. The second-order valence-corrected chi connectivity index (χ2v) is 16.1. The summed E-state index contributed by atoms with van der Waals surface area (Å²) in [6.45, 7) is 22.2. The van der Waals surface area contributed by atoms with Gasteiger partial charge in [-0.1, -0.05) is 0 Å². The predicted octanol–water partition coefficient (Wildman–Crippen LogP) is 0.628. The van der Waals surface area contributed by atoms with Gasteiger partial charge in [0.1, 0.15) is 0 Å². The Morgan fingerprint density at radius 1 is 0.310 bits per heavy atom. The molecule has 0 rings (SSSR count). The van der Waals surface area contributed by atoms with Crippen molar-refractivity contribution in [2.24, 2.45) is 0 Å². The van der Waals surface area contributed by atoms with E-state index in [1.807, 2.05) is 0 Å². The fraction of sp³-hybridized carbons (Fsp3) is 1.00. The fourth-order valence-corrected chi connectivity index (χ4v) is 7.29. The average Bonchev–Trinajstić information content (AvgIpc) is 3.21. The Balaban J connectivity index is 0. The molecule has 0 heterocycles. The third-order valence-electron chi connectivity index (χ3n) is 10.7. The van der Waals surface area contributed by atoms with Gasteiger partial charge in [-0.15, -0.1) is 0 Å². The maximum atomic E-state index is 9.33. The maximum absolute atomic E-state index is 9.33. The summed E-state index contributed by atoms with van der Waals surface area (Å²) >= 11 is 0. The summed E-state index contributed by atoms with van der Waals surface area (Å²) in [6.07, 6.45) is 10.9. The van der Waals surface area contributed by atoms with Gasteiger partial charge in [-0.3, -0.25) is 14.7 Å². The van der Waals surface area contributed by atoms with E-state index in [1.165, 1.54) is 0 Å². The molecule has 0 bridgehead atoms. The molecular formula is C43H96N6O9. The first-order valence-electron chi connectivity index (χ1n) is 23.0. The molecule has 10 N–H and O–H groups in total. The van der Waals surface area contributed by atoms with Crippen LogP contribution in [0.2, 0.25) is 0 Å². The normalized spacial score (nSPS) is 14.2. The van der Waals surface area contributed by atoms with Crippen LogP contribution in [0.3, 0.4) is 0 Å². The van der Waals surface area contributed by atoms with Gasteiger partial charge in [0.2, 0.25) is 0 Å². The number of rotatable bonds is 43. The third-order valence-corrected chi connectivity index (χ3v) is 10.7. The summed E-state index contributed by atoms with van der Waals surface area (Å²) in [4.78, 5) is 12.0. The number of hydrogen-bond donors (Lipinski definition) is 10. The smallest absolute Gasteiger partial charge is 0.0443 e. The van der Waals surface area contributed by atoms with Gasteiger partial charge in [0.15, 0.2) is 0 Å². The number of aliphatic hydroxyl groups excluding tert-OH is 9. The lowest BCUT2D eigenvalue weighted by atomic mass is 10.1. The highest BCUT2D eigenvalue weighted by Gasteiger charge is 2.23. The highest BCUT2D eigenvalue weighted by atomic mass is 16.3. The Kier molecular flexibility index (Phi) is 45.6. The summed E-state index contributed by atoms with van der Waals surface area (Å²) in [6, 6.07) is 1.33.